The minimum atomic E-state index is -4.94. The SMILES string of the molecule is CC(C)(C(C(C)(C)S(=O)(=O)O)C(C)(C)S(=O)(=O)O)S(=O)(=O)O. The van der Waals surface area contributed by atoms with E-state index < -0.39 is 50.5 Å². The van der Waals surface area contributed by atoms with Gasteiger partial charge < -0.3 is 0 Å². The van der Waals surface area contributed by atoms with E-state index in [0.717, 1.165) is 41.5 Å². The molecule has 134 valence electrons. The van der Waals surface area contributed by atoms with Crippen molar-refractivity contribution in [2.24, 2.45) is 5.92 Å². The first kappa shape index (κ1) is 21.7. The highest BCUT2D eigenvalue weighted by atomic mass is 32.2. The maximum absolute atomic E-state index is 11.6. The van der Waals surface area contributed by atoms with E-state index in [0.29, 0.717) is 0 Å². The predicted octanol–water partition coefficient (Wildman–Crippen LogP) is 0.602. The van der Waals surface area contributed by atoms with Crippen LogP contribution in [0.25, 0.3) is 0 Å². The number of hydrogen-bond acceptors (Lipinski definition) is 6. The fourth-order valence-corrected chi connectivity index (χ4v) is 5.84. The van der Waals surface area contributed by atoms with Crippen LogP contribution in [0.15, 0.2) is 0 Å². The summed E-state index contributed by atoms with van der Waals surface area (Å²) in [6, 6.07) is 0. The van der Waals surface area contributed by atoms with Crippen LogP contribution in [0.3, 0.4) is 0 Å². The van der Waals surface area contributed by atoms with Gasteiger partial charge in [0.05, 0.1) is 14.2 Å². The third-order valence-corrected chi connectivity index (χ3v) is 8.78. The number of hydrogen-bond donors (Lipinski definition) is 3. The van der Waals surface area contributed by atoms with Gasteiger partial charge in [-0.25, -0.2) is 0 Å². The molecule has 9 nitrogen and oxygen atoms in total. The molecular formula is C10H22O9S3. The van der Waals surface area contributed by atoms with Crippen LogP contribution in [0.4, 0.5) is 0 Å². The summed E-state index contributed by atoms with van der Waals surface area (Å²) < 4.78 is 91.1. The first-order chi connectivity index (χ1) is 9.12. The zero-order chi connectivity index (χ0) is 18.6. The van der Waals surface area contributed by atoms with Crippen LogP contribution in [-0.2, 0) is 30.4 Å². The molecular weight excluding hydrogens is 360 g/mol. The van der Waals surface area contributed by atoms with E-state index in [1.54, 1.807) is 0 Å². The summed E-state index contributed by atoms with van der Waals surface area (Å²) in [4.78, 5) is 0. The van der Waals surface area contributed by atoms with Crippen LogP contribution in [0, 0.1) is 5.92 Å². The topological polar surface area (TPSA) is 163 Å². The first-order valence-electron chi connectivity index (χ1n) is 6.03. The molecule has 0 amide bonds. The van der Waals surface area contributed by atoms with Gasteiger partial charge >= 0.3 is 0 Å². The molecule has 0 bridgehead atoms. The molecule has 0 aromatic rings. The van der Waals surface area contributed by atoms with E-state index in [4.69, 9.17) is 0 Å². The second-order valence-electron chi connectivity index (χ2n) is 6.67. The molecule has 0 saturated heterocycles. The molecule has 0 heterocycles. The zero-order valence-electron chi connectivity index (χ0n) is 13.1. The molecule has 0 aliphatic rings. The van der Waals surface area contributed by atoms with Crippen LogP contribution in [0.1, 0.15) is 41.5 Å². The molecule has 22 heavy (non-hydrogen) atoms. The monoisotopic (exact) mass is 382 g/mol. The average Bonchev–Trinajstić information content (AvgIpc) is 2.09. The summed E-state index contributed by atoms with van der Waals surface area (Å²) in [7, 11) is -14.8. The van der Waals surface area contributed by atoms with E-state index in [9.17, 15) is 38.9 Å². The van der Waals surface area contributed by atoms with Gasteiger partial charge in [-0.2, -0.15) is 25.3 Å². The average molecular weight is 382 g/mol. The van der Waals surface area contributed by atoms with Crippen molar-refractivity contribution >= 4 is 30.4 Å². The van der Waals surface area contributed by atoms with Crippen molar-refractivity contribution in [2.75, 3.05) is 0 Å². The van der Waals surface area contributed by atoms with Crippen LogP contribution in [0.2, 0.25) is 0 Å². The van der Waals surface area contributed by atoms with Crippen molar-refractivity contribution in [1.29, 1.82) is 0 Å². The molecule has 0 atom stereocenters. The number of rotatable bonds is 6. The van der Waals surface area contributed by atoms with Crippen molar-refractivity contribution in [2.45, 2.75) is 55.8 Å². The Kier molecular flexibility index (Phi) is 5.31. The lowest BCUT2D eigenvalue weighted by molar-refractivity contribution is 0.225. The predicted molar refractivity (Wildman–Crippen MR) is 80.4 cm³/mol. The minimum absolute atomic E-state index is 0.910. The highest BCUT2D eigenvalue weighted by molar-refractivity contribution is 7.89. The Hall–Kier alpha value is -0.270. The van der Waals surface area contributed by atoms with Crippen LogP contribution < -0.4 is 0 Å². The maximum Gasteiger partial charge on any atom is 0.270 e. The second-order valence-corrected chi connectivity index (χ2v) is 12.7. The third kappa shape index (κ3) is 3.46. The Labute approximate surface area is 131 Å². The second kappa shape index (κ2) is 5.38. The van der Waals surface area contributed by atoms with E-state index in [1.165, 1.54) is 0 Å². The fourth-order valence-electron chi connectivity index (χ4n) is 2.96. The summed E-state index contributed by atoms with van der Waals surface area (Å²) in [6.07, 6.45) is 0. The third-order valence-electron chi connectivity index (χ3n) is 4.08. The van der Waals surface area contributed by atoms with Gasteiger partial charge in [-0.3, -0.25) is 13.7 Å². The first-order valence-corrected chi connectivity index (χ1v) is 10.3. The molecule has 0 spiro atoms. The molecule has 0 aromatic carbocycles. The van der Waals surface area contributed by atoms with Gasteiger partial charge in [0, 0.05) is 5.92 Å². The fraction of sp³-hybridized carbons (Fsp3) is 1.00. The lowest BCUT2D eigenvalue weighted by Crippen LogP contribution is -2.63. The molecule has 0 saturated carbocycles. The quantitative estimate of drug-likeness (QED) is 0.558. The Morgan fingerprint density at radius 1 is 0.545 bits per heavy atom. The van der Waals surface area contributed by atoms with Gasteiger partial charge in [-0.1, -0.05) is 0 Å². The van der Waals surface area contributed by atoms with E-state index in [2.05, 4.69) is 0 Å². The Morgan fingerprint density at radius 2 is 0.682 bits per heavy atom. The van der Waals surface area contributed by atoms with Crippen molar-refractivity contribution in [3.63, 3.8) is 0 Å². The molecule has 0 aliphatic carbocycles. The summed E-state index contributed by atoms with van der Waals surface area (Å²) in [5.74, 6) is -1.91. The van der Waals surface area contributed by atoms with Gasteiger partial charge in [0.15, 0.2) is 0 Å². The normalized spacial score (nSPS) is 16.1. The van der Waals surface area contributed by atoms with Crippen LogP contribution >= 0.6 is 0 Å². The summed E-state index contributed by atoms with van der Waals surface area (Å²) in [6.45, 7) is 5.46. The molecule has 12 heteroatoms. The van der Waals surface area contributed by atoms with Crippen molar-refractivity contribution in [3.8, 4) is 0 Å². The molecule has 0 unspecified atom stereocenters. The van der Waals surface area contributed by atoms with Gasteiger partial charge in [-0.05, 0) is 41.5 Å². The molecule has 0 aliphatic heterocycles. The largest absolute Gasteiger partial charge is 0.285 e. The maximum atomic E-state index is 11.6. The smallest absolute Gasteiger partial charge is 0.270 e. The summed E-state index contributed by atoms with van der Waals surface area (Å²) >= 11 is 0. The lowest BCUT2D eigenvalue weighted by atomic mass is 9.75. The van der Waals surface area contributed by atoms with Gasteiger partial charge in [0.2, 0.25) is 0 Å². The van der Waals surface area contributed by atoms with E-state index in [-0.39, 0.29) is 0 Å². The molecule has 0 fully saturated rings. The van der Waals surface area contributed by atoms with Crippen molar-refractivity contribution < 1.29 is 38.9 Å². The Balaban J connectivity index is 6.95. The molecule has 0 rings (SSSR count). The highest BCUT2D eigenvalue weighted by Gasteiger charge is 2.63. The molecule has 3 N–H and O–H groups in total. The van der Waals surface area contributed by atoms with Gasteiger partial charge in [0.25, 0.3) is 30.4 Å². The highest BCUT2D eigenvalue weighted by Crippen LogP contribution is 2.47. The summed E-state index contributed by atoms with van der Waals surface area (Å²) in [5.41, 5.74) is 0. The van der Waals surface area contributed by atoms with Gasteiger partial charge in [0.1, 0.15) is 0 Å². The zero-order valence-corrected chi connectivity index (χ0v) is 15.5. The Morgan fingerprint density at radius 3 is 0.773 bits per heavy atom. The Bertz CT molecular complexity index is 635. The van der Waals surface area contributed by atoms with Crippen molar-refractivity contribution in [3.05, 3.63) is 0 Å². The molecule has 0 aromatic heterocycles. The van der Waals surface area contributed by atoms with E-state index in [1.807, 2.05) is 0 Å². The van der Waals surface area contributed by atoms with Gasteiger partial charge in [-0.15, -0.1) is 0 Å². The molecule has 0 radical (unpaired) electrons. The lowest BCUT2D eigenvalue weighted by Gasteiger charge is -2.47. The minimum Gasteiger partial charge on any atom is -0.285 e. The van der Waals surface area contributed by atoms with Crippen LogP contribution in [-0.4, -0.2) is 53.2 Å². The van der Waals surface area contributed by atoms with Crippen molar-refractivity contribution in [1.82, 2.24) is 0 Å². The summed E-state index contributed by atoms with van der Waals surface area (Å²) in [5, 5.41) is 0. The van der Waals surface area contributed by atoms with Crippen LogP contribution in [0.5, 0.6) is 0 Å². The standard InChI is InChI=1S/C10H22O9S3/c1-8(2,20(11,12)13)7(9(3,4)21(14,15)16)10(5,6)22(17,18)19/h7H,1-6H3,(H,11,12,13)(H,14,15,16)(H,17,18,19). The van der Waals surface area contributed by atoms with E-state index >= 15 is 0 Å².